The van der Waals surface area contributed by atoms with Gasteiger partial charge in [0.1, 0.15) is 0 Å². The number of aryl methyl sites for hydroxylation is 3. The van der Waals surface area contributed by atoms with E-state index in [9.17, 15) is 18.4 Å². The molecule has 0 spiro atoms. The second-order valence-electron chi connectivity index (χ2n) is 6.52. The lowest BCUT2D eigenvalue weighted by Gasteiger charge is -2.32. The summed E-state index contributed by atoms with van der Waals surface area (Å²) in [4.78, 5) is 27.0. The summed E-state index contributed by atoms with van der Waals surface area (Å²) in [6.07, 6.45) is 3.76. The molecule has 3 heterocycles. The van der Waals surface area contributed by atoms with Crippen molar-refractivity contribution in [2.24, 2.45) is 14.1 Å². The third-order valence-corrected chi connectivity index (χ3v) is 4.67. The molecule has 1 unspecified atom stereocenters. The van der Waals surface area contributed by atoms with Crippen LogP contribution in [0.25, 0.3) is 10.9 Å². The molecule has 1 atom stereocenters. The number of alkyl halides is 2. The van der Waals surface area contributed by atoms with Crippen molar-refractivity contribution in [3.8, 4) is 0 Å². The molecule has 0 aliphatic carbocycles. The van der Waals surface area contributed by atoms with Crippen molar-refractivity contribution in [3.63, 3.8) is 0 Å². The fourth-order valence-electron chi connectivity index (χ4n) is 3.62. The molecule has 6 nitrogen and oxygen atoms in total. The van der Waals surface area contributed by atoms with Gasteiger partial charge in [-0.2, -0.15) is 8.78 Å². The highest BCUT2D eigenvalue weighted by molar-refractivity contribution is 6.07. The monoisotopic (exact) mass is 353 g/mol. The Morgan fingerprint density at radius 3 is 2.68 bits per heavy atom. The summed E-state index contributed by atoms with van der Waals surface area (Å²) < 4.78 is 32.7. The lowest BCUT2D eigenvalue weighted by atomic mass is 10.1. The Labute approximate surface area is 143 Å². The van der Waals surface area contributed by atoms with Crippen LogP contribution in [0.3, 0.4) is 0 Å². The first-order valence-electron chi connectivity index (χ1n) is 8.17. The van der Waals surface area contributed by atoms with E-state index >= 15 is 0 Å². The molecule has 2 aromatic rings. The molecule has 0 aromatic carbocycles. The van der Waals surface area contributed by atoms with Gasteiger partial charge in [-0.15, -0.1) is 0 Å². The SMILES string of the molecule is Cc1cn(C)c(=O)c2c(C(=O)N3CCCC(OC(F)F)C3)cn(C)c12. The van der Waals surface area contributed by atoms with Crippen LogP contribution in [0, 0.1) is 6.92 Å². The number of fused-ring (bicyclic) bond motifs is 1. The van der Waals surface area contributed by atoms with Crippen LogP contribution in [-0.4, -0.2) is 45.7 Å². The van der Waals surface area contributed by atoms with Crippen molar-refractivity contribution in [2.45, 2.75) is 32.5 Å². The van der Waals surface area contributed by atoms with Gasteiger partial charge in [0.2, 0.25) is 0 Å². The van der Waals surface area contributed by atoms with E-state index in [1.807, 2.05) is 6.92 Å². The molecule has 1 saturated heterocycles. The maximum atomic E-state index is 13.0. The molecular formula is C17H21F2N3O3. The Kier molecular flexibility index (Phi) is 4.64. The predicted octanol–water partition coefficient (Wildman–Crippen LogP) is 2.03. The lowest BCUT2D eigenvalue weighted by molar-refractivity contribution is -0.171. The Hall–Kier alpha value is -2.22. The zero-order valence-corrected chi connectivity index (χ0v) is 14.5. The van der Waals surface area contributed by atoms with Crippen molar-refractivity contribution in [3.05, 3.63) is 33.9 Å². The van der Waals surface area contributed by atoms with Crippen LogP contribution in [0.1, 0.15) is 28.8 Å². The smallest absolute Gasteiger partial charge is 0.345 e. The van der Waals surface area contributed by atoms with Crippen molar-refractivity contribution < 1.29 is 18.3 Å². The molecule has 0 saturated carbocycles. The maximum Gasteiger partial charge on any atom is 0.345 e. The summed E-state index contributed by atoms with van der Waals surface area (Å²) in [6, 6.07) is 0. The minimum atomic E-state index is -2.85. The van der Waals surface area contributed by atoms with Gasteiger partial charge < -0.3 is 18.8 Å². The van der Waals surface area contributed by atoms with Crippen molar-refractivity contribution >= 4 is 16.8 Å². The Bertz CT molecular complexity index is 872. The first-order valence-corrected chi connectivity index (χ1v) is 8.17. The molecule has 0 bridgehead atoms. The van der Waals surface area contributed by atoms with Gasteiger partial charge in [-0.1, -0.05) is 0 Å². The zero-order valence-electron chi connectivity index (χ0n) is 14.5. The summed E-state index contributed by atoms with van der Waals surface area (Å²) in [6.45, 7) is -0.410. The number of aromatic nitrogens is 2. The van der Waals surface area contributed by atoms with E-state index in [4.69, 9.17) is 0 Å². The van der Waals surface area contributed by atoms with E-state index in [0.717, 1.165) is 5.56 Å². The summed E-state index contributed by atoms with van der Waals surface area (Å²) >= 11 is 0. The highest BCUT2D eigenvalue weighted by Gasteiger charge is 2.29. The van der Waals surface area contributed by atoms with E-state index < -0.39 is 12.7 Å². The molecule has 25 heavy (non-hydrogen) atoms. The number of carbonyl (C=O) groups excluding carboxylic acids is 1. The fourth-order valence-corrected chi connectivity index (χ4v) is 3.62. The van der Waals surface area contributed by atoms with E-state index in [-0.39, 0.29) is 18.0 Å². The zero-order chi connectivity index (χ0) is 18.3. The van der Waals surface area contributed by atoms with Crippen LogP contribution >= 0.6 is 0 Å². The highest BCUT2D eigenvalue weighted by atomic mass is 19.3. The third kappa shape index (κ3) is 3.18. The van der Waals surface area contributed by atoms with Gasteiger partial charge in [-0.25, -0.2) is 0 Å². The van der Waals surface area contributed by atoms with E-state index in [2.05, 4.69) is 4.74 Å². The van der Waals surface area contributed by atoms with Crippen molar-refractivity contribution in [2.75, 3.05) is 13.1 Å². The number of halogens is 2. The summed E-state index contributed by atoms with van der Waals surface area (Å²) in [5.74, 6) is -0.323. The van der Waals surface area contributed by atoms with Gasteiger partial charge in [-0.3, -0.25) is 9.59 Å². The highest BCUT2D eigenvalue weighted by Crippen LogP contribution is 2.24. The predicted molar refractivity (Wildman–Crippen MR) is 88.9 cm³/mol. The second-order valence-corrected chi connectivity index (χ2v) is 6.52. The average Bonchev–Trinajstić information content (AvgIpc) is 2.89. The van der Waals surface area contributed by atoms with Crippen molar-refractivity contribution in [1.29, 1.82) is 0 Å². The van der Waals surface area contributed by atoms with Crippen LogP contribution in [0.4, 0.5) is 8.78 Å². The maximum absolute atomic E-state index is 13.0. The number of amides is 1. The van der Waals surface area contributed by atoms with Crippen LogP contribution in [0.2, 0.25) is 0 Å². The number of nitrogens with zero attached hydrogens (tertiary/aromatic N) is 3. The number of ether oxygens (including phenoxy) is 1. The molecule has 1 aliphatic rings. The van der Waals surface area contributed by atoms with E-state index in [1.165, 1.54) is 9.47 Å². The second kappa shape index (κ2) is 6.59. The fraction of sp³-hybridized carbons (Fsp3) is 0.529. The normalized spacial score (nSPS) is 18.3. The van der Waals surface area contributed by atoms with Gasteiger partial charge in [0.25, 0.3) is 11.5 Å². The Morgan fingerprint density at radius 1 is 1.28 bits per heavy atom. The number of carbonyl (C=O) groups is 1. The summed E-state index contributed by atoms with van der Waals surface area (Å²) in [7, 11) is 3.42. The largest absolute Gasteiger partial charge is 0.349 e. The van der Waals surface area contributed by atoms with E-state index in [0.29, 0.717) is 35.9 Å². The van der Waals surface area contributed by atoms with E-state index in [1.54, 1.807) is 31.1 Å². The van der Waals surface area contributed by atoms with Crippen molar-refractivity contribution in [1.82, 2.24) is 14.0 Å². The topological polar surface area (TPSA) is 56.5 Å². The Morgan fingerprint density at radius 2 is 2.00 bits per heavy atom. The van der Waals surface area contributed by atoms with Crippen LogP contribution in [-0.2, 0) is 18.8 Å². The number of likely N-dealkylation sites (tertiary alicyclic amines) is 1. The van der Waals surface area contributed by atoms with Crippen LogP contribution in [0.15, 0.2) is 17.2 Å². The molecule has 8 heteroatoms. The summed E-state index contributed by atoms with van der Waals surface area (Å²) in [5.41, 5.74) is 1.65. The third-order valence-electron chi connectivity index (χ3n) is 4.67. The van der Waals surface area contributed by atoms with Gasteiger partial charge in [0.15, 0.2) is 0 Å². The molecule has 0 radical (unpaired) electrons. The quantitative estimate of drug-likeness (QED) is 0.848. The number of hydrogen-bond acceptors (Lipinski definition) is 3. The van der Waals surface area contributed by atoms with Gasteiger partial charge in [0.05, 0.1) is 22.6 Å². The van der Waals surface area contributed by atoms with Crippen LogP contribution in [0.5, 0.6) is 0 Å². The minimum absolute atomic E-state index is 0.103. The van der Waals surface area contributed by atoms with Gasteiger partial charge in [0, 0.05) is 39.6 Å². The van der Waals surface area contributed by atoms with Gasteiger partial charge in [-0.05, 0) is 25.3 Å². The Balaban J connectivity index is 1.99. The molecule has 1 aliphatic heterocycles. The number of pyridine rings is 1. The van der Waals surface area contributed by atoms with Gasteiger partial charge >= 0.3 is 6.61 Å². The first-order chi connectivity index (χ1) is 11.8. The molecule has 1 fully saturated rings. The lowest BCUT2D eigenvalue weighted by Crippen LogP contribution is -2.44. The first kappa shape index (κ1) is 17.6. The molecule has 136 valence electrons. The molecule has 2 aromatic heterocycles. The molecule has 0 N–H and O–H groups in total. The molecule has 3 rings (SSSR count). The summed E-state index contributed by atoms with van der Waals surface area (Å²) in [5, 5.41) is 0.368. The molecular weight excluding hydrogens is 332 g/mol. The number of piperidine rings is 1. The number of hydrogen-bond donors (Lipinski definition) is 0. The molecule has 1 amide bonds. The number of rotatable bonds is 3. The standard InChI is InChI=1S/C17H21F2N3O3/c1-10-7-21(3)16(24)13-12(9-20(2)14(10)13)15(23)22-6-4-5-11(8-22)25-17(18)19/h7,9,11,17H,4-6,8H2,1-3H3. The van der Waals surface area contributed by atoms with Crippen LogP contribution < -0.4 is 5.56 Å². The average molecular weight is 353 g/mol. The minimum Gasteiger partial charge on any atom is -0.349 e.